The minimum absolute atomic E-state index is 0.114. The first-order valence-electron chi connectivity index (χ1n) is 7.19. The number of benzene rings is 2. The lowest BCUT2D eigenvalue weighted by Crippen LogP contribution is -1.97. The summed E-state index contributed by atoms with van der Waals surface area (Å²) < 4.78 is 15.7. The van der Waals surface area contributed by atoms with Crippen LogP contribution in [0.1, 0.15) is 15.9 Å². The third-order valence-electron chi connectivity index (χ3n) is 3.58. The normalized spacial score (nSPS) is 12.4. The Balaban J connectivity index is 1.69. The van der Waals surface area contributed by atoms with E-state index in [1.165, 1.54) is 6.08 Å². The maximum atomic E-state index is 12.2. The Bertz CT molecular complexity index is 768. The van der Waals surface area contributed by atoms with Crippen LogP contribution in [0.3, 0.4) is 0 Å². The number of allylic oxidation sites excluding steroid dienone is 1. The molecule has 3 rings (SSSR count). The zero-order chi connectivity index (χ0) is 16.2. The number of fused-ring (bicyclic) bond motifs is 1. The van der Waals surface area contributed by atoms with Gasteiger partial charge in [-0.05, 0) is 36.8 Å². The van der Waals surface area contributed by atoms with E-state index in [0.717, 1.165) is 17.0 Å². The highest BCUT2D eigenvalue weighted by atomic mass is 16.7. The number of ether oxygens (including phenoxy) is 3. The van der Waals surface area contributed by atoms with E-state index in [2.05, 4.69) is 5.32 Å². The molecule has 2 aromatic rings. The van der Waals surface area contributed by atoms with Gasteiger partial charge in [0.1, 0.15) is 5.75 Å². The molecule has 0 amide bonds. The number of rotatable bonds is 5. The van der Waals surface area contributed by atoms with E-state index in [0.29, 0.717) is 17.1 Å². The second-order valence-electron chi connectivity index (χ2n) is 5.09. The molecule has 0 unspecified atom stereocenters. The maximum Gasteiger partial charge on any atom is 0.231 e. The van der Waals surface area contributed by atoms with Crippen molar-refractivity contribution in [2.24, 2.45) is 0 Å². The van der Waals surface area contributed by atoms with Crippen molar-refractivity contribution in [3.8, 4) is 17.2 Å². The Labute approximate surface area is 134 Å². The Morgan fingerprint density at radius 2 is 2.00 bits per heavy atom. The van der Waals surface area contributed by atoms with Crippen LogP contribution in [0, 0.1) is 6.92 Å². The first kappa shape index (κ1) is 15.0. The van der Waals surface area contributed by atoms with Crippen LogP contribution in [-0.2, 0) is 0 Å². The van der Waals surface area contributed by atoms with E-state index >= 15 is 0 Å². The minimum atomic E-state index is -0.114. The van der Waals surface area contributed by atoms with Gasteiger partial charge in [0.2, 0.25) is 6.79 Å². The van der Waals surface area contributed by atoms with Crippen LogP contribution in [0.15, 0.2) is 48.7 Å². The molecular weight excluding hydrogens is 294 g/mol. The zero-order valence-corrected chi connectivity index (χ0v) is 13.0. The highest BCUT2D eigenvalue weighted by Crippen LogP contribution is 2.32. The van der Waals surface area contributed by atoms with Crippen LogP contribution >= 0.6 is 0 Å². The first-order valence-corrected chi connectivity index (χ1v) is 7.19. The summed E-state index contributed by atoms with van der Waals surface area (Å²) in [4.78, 5) is 12.2. The molecule has 23 heavy (non-hydrogen) atoms. The summed E-state index contributed by atoms with van der Waals surface area (Å²) in [5, 5.41) is 3.10. The number of carbonyl (C=O) groups excluding carboxylic acids is 1. The van der Waals surface area contributed by atoms with Crippen molar-refractivity contribution in [1.29, 1.82) is 0 Å². The third kappa shape index (κ3) is 3.29. The number of methoxy groups -OCH3 is 1. The predicted molar refractivity (Wildman–Crippen MR) is 87.4 cm³/mol. The molecule has 0 fully saturated rings. The molecule has 5 heteroatoms. The second-order valence-corrected chi connectivity index (χ2v) is 5.09. The van der Waals surface area contributed by atoms with Gasteiger partial charge < -0.3 is 19.5 Å². The number of nitrogens with one attached hydrogen (secondary N) is 1. The molecule has 1 aliphatic rings. The Kier molecular flexibility index (Phi) is 4.19. The summed E-state index contributed by atoms with van der Waals surface area (Å²) in [6.07, 6.45) is 3.10. The Morgan fingerprint density at radius 1 is 1.17 bits per heavy atom. The van der Waals surface area contributed by atoms with Crippen LogP contribution < -0.4 is 19.5 Å². The molecule has 0 atom stereocenters. The first-order chi connectivity index (χ1) is 11.2. The summed E-state index contributed by atoms with van der Waals surface area (Å²) >= 11 is 0. The minimum Gasteiger partial charge on any atom is -0.497 e. The number of aryl methyl sites for hydroxylation is 1. The maximum absolute atomic E-state index is 12.2. The molecule has 0 radical (unpaired) electrons. The molecule has 0 aliphatic carbocycles. The molecule has 118 valence electrons. The predicted octanol–water partition coefficient (Wildman–Crippen LogP) is 3.54. The Morgan fingerprint density at radius 3 is 2.83 bits per heavy atom. The fourth-order valence-corrected chi connectivity index (χ4v) is 2.24. The highest BCUT2D eigenvalue weighted by Gasteiger charge is 2.15. The zero-order valence-electron chi connectivity index (χ0n) is 13.0. The van der Waals surface area contributed by atoms with Crippen molar-refractivity contribution in [3.63, 3.8) is 0 Å². The van der Waals surface area contributed by atoms with Gasteiger partial charge >= 0.3 is 0 Å². The molecule has 0 bridgehead atoms. The molecule has 1 aliphatic heterocycles. The summed E-state index contributed by atoms with van der Waals surface area (Å²) in [5.74, 6) is 1.90. The van der Waals surface area contributed by atoms with Crippen molar-refractivity contribution in [2.75, 3.05) is 19.2 Å². The van der Waals surface area contributed by atoms with Gasteiger partial charge in [0, 0.05) is 29.6 Å². The summed E-state index contributed by atoms with van der Waals surface area (Å²) in [6.45, 7) is 2.18. The van der Waals surface area contributed by atoms with E-state index < -0.39 is 0 Å². The van der Waals surface area contributed by atoms with Crippen LogP contribution in [0.25, 0.3) is 0 Å². The van der Waals surface area contributed by atoms with Crippen molar-refractivity contribution >= 4 is 11.5 Å². The molecule has 2 aromatic carbocycles. The van der Waals surface area contributed by atoms with E-state index in [-0.39, 0.29) is 12.6 Å². The number of anilines is 1. The third-order valence-corrected chi connectivity index (χ3v) is 3.58. The number of hydrogen-bond acceptors (Lipinski definition) is 5. The van der Waals surface area contributed by atoms with Crippen molar-refractivity contribution in [1.82, 2.24) is 0 Å². The quantitative estimate of drug-likeness (QED) is 0.676. The average molecular weight is 311 g/mol. The molecule has 0 spiro atoms. The lowest BCUT2D eigenvalue weighted by molar-refractivity contribution is 0.104. The molecule has 0 aromatic heterocycles. The topological polar surface area (TPSA) is 56.8 Å². The lowest BCUT2D eigenvalue weighted by Gasteiger charge is -2.07. The van der Waals surface area contributed by atoms with E-state index in [4.69, 9.17) is 14.2 Å². The fraction of sp³-hybridized carbons (Fsp3) is 0.167. The van der Waals surface area contributed by atoms with Gasteiger partial charge in [-0.3, -0.25) is 4.79 Å². The van der Waals surface area contributed by atoms with Gasteiger partial charge in [-0.25, -0.2) is 0 Å². The molecule has 1 heterocycles. The molecule has 0 saturated carbocycles. The van der Waals surface area contributed by atoms with Gasteiger partial charge in [-0.1, -0.05) is 6.07 Å². The van der Waals surface area contributed by atoms with Gasteiger partial charge in [-0.2, -0.15) is 0 Å². The van der Waals surface area contributed by atoms with Crippen molar-refractivity contribution < 1.29 is 19.0 Å². The highest BCUT2D eigenvalue weighted by molar-refractivity contribution is 6.05. The van der Waals surface area contributed by atoms with Crippen LogP contribution in [0.2, 0.25) is 0 Å². The van der Waals surface area contributed by atoms with Crippen LogP contribution in [-0.4, -0.2) is 19.7 Å². The monoisotopic (exact) mass is 311 g/mol. The van der Waals surface area contributed by atoms with Gasteiger partial charge in [-0.15, -0.1) is 0 Å². The smallest absolute Gasteiger partial charge is 0.231 e. The molecule has 1 N–H and O–H groups in total. The summed E-state index contributed by atoms with van der Waals surface area (Å²) in [6, 6.07) is 10.9. The van der Waals surface area contributed by atoms with E-state index in [1.54, 1.807) is 31.5 Å². The largest absolute Gasteiger partial charge is 0.497 e. The van der Waals surface area contributed by atoms with Crippen molar-refractivity contribution in [2.45, 2.75) is 6.92 Å². The number of hydrogen-bond donors (Lipinski definition) is 1. The van der Waals surface area contributed by atoms with Gasteiger partial charge in [0.15, 0.2) is 17.3 Å². The van der Waals surface area contributed by atoms with Crippen molar-refractivity contribution in [3.05, 3.63) is 59.8 Å². The molecule has 0 saturated heterocycles. The number of carbonyl (C=O) groups is 1. The lowest BCUT2D eigenvalue weighted by atomic mass is 10.1. The summed E-state index contributed by atoms with van der Waals surface area (Å²) in [5.41, 5.74) is 2.50. The summed E-state index contributed by atoms with van der Waals surface area (Å²) in [7, 11) is 1.62. The van der Waals surface area contributed by atoms with Gasteiger partial charge in [0.25, 0.3) is 0 Å². The molecular formula is C18H17NO4. The fourth-order valence-electron chi connectivity index (χ4n) is 2.24. The van der Waals surface area contributed by atoms with Gasteiger partial charge in [0.05, 0.1) is 7.11 Å². The van der Waals surface area contributed by atoms with E-state index in [1.807, 2.05) is 25.1 Å². The second kappa shape index (κ2) is 6.44. The standard InChI is InChI=1S/C18H17NO4/c1-12-3-5-14(21-2)10-15(12)19-8-7-16(20)13-4-6-17-18(9-13)23-11-22-17/h3-10,19H,11H2,1-2H3/b8-7+. The Hall–Kier alpha value is -2.95. The molecule has 5 nitrogen and oxygen atoms in total. The van der Waals surface area contributed by atoms with Crippen LogP contribution in [0.4, 0.5) is 5.69 Å². The van der Waals surface area contributed by atoms with E-state index in [9.17, 15) is 4.79 Å². The SMILES string of the molecule is COc1ccc(C)c(N/C=C/C(=O)c2ccc3c(c2)OCO3)c1. The number of ketones is 1. The van der Waals surface area contributed by atoms with Crippen LogP contribution in [0.5, 0.6) is 17.2 Å². The average Bonchev–Trinajstić information content (AvgIpc) is 3.04.